The van der Waals surface area contributed by atoms with Crippen LogP contribution in [0.4, 0.5) is 0 Å². The van der Waals surface area contributed by atoms with Crippen molar-refractivity contribution in [2.45, 2.75) is 65.5 Å². The zero-order chi connectivity index (χ0) is 15.3. The van der Waals surface area contributed by atoms with Crippen molar-refractivity contribution >= 4 is 8.40 Å². The summed E-state index contributed by atoms with van der Waals surface area (Å²) in [5, 5.41) is 0. The molecule has 2 aromatic rings. The van der Waals surface area contributed by atoms with Gasteiger partial charge >= 0.3 is 0 Å². The van der Waals surface area contributed by atoms with Crippen molar-refractivity contribution in [3.8, 4) is 0 Å². The van der Waals surface area contributed by atoms with Crippen LogP contribution in [0.25, 0.3) is 0 Å². The highest BCUT2D eigenvalue weighted by Gasteiger charge is 2.30. The van der Waals surface area contributed by atoms with Gasteiger partial charge in [-0.15, -0.1) is 0 Å². The predicted molar refractivity (Wildman–Crippen MR) is 90.0 cm³/mol. The van der Waals surface area contributed by atoms with Crippen LogP contribution >= 0.6 is 0 Å². The summed E-state index contributed by atoms with van der Waals surface area (Å²) in [6, 6.07) is 0. The molecule has 0 aliphatic rings. The van der Waals surface area contributed by atoms with E-state index in [1.165, 1.54) is 37.3 Å². The molecule has 0 unspecified atom stereocenters. The van der Waals surface area contributed by atoms with E-state index in [0.29, 0.717) is 0 Å². The first-order chi connectivity index (χ1) is 10.1. The van der Waals surface area contributed by atoms with Gasteiger partial charge in [0.25, 0.3) is 8.40 Å². The van der Waals surface area contributed by atoms with Crippen molar-refractivity contribution in [3.05, 3.63) is 36.4 Å². The number of rotatable bonds is 8. The van der Waals surface area contributed by atoms with Crippen molar-refractivity contribution in [3.63, 3.8) is 0 Å². The number of aryl methyl sites for hydroxylation is 2. The third kappa shape index (κ3) is 3.46. The molecule has 0 spiro atoms. The van der Waals surface area contributed by atoms with E-state index in [-0.39, 0.29) is 0 Å². The van der Waals surface area contributed by atoms with E-state index in [1.807, 2.05) is 12.4 Å². The van der Waals surface area contributed by atoms with Crippen LogP contribution in [0.5, 0.6) is 0 Å². The number of nitrogens with zero attached hydrogens (tertiary/aromatic N) is 4. The molecule has 0 saturated carbocycles. The Hall–Kier alpha value is -1.36. The largest absolute Gasteiger partial charge is 0.343 e. The first kappa shape index (κ1) is 16.0. The molecule has 0 saturated heterocycles. The summed E-state index contributed by atoms with van der Waals surface area (Å²) >= 11 is 0. The van der Waals surface area contributed by atoms with Crippen LogP contribution in [0.1, 0.15) is 51.2 Å². The lowest BCUT2D eigenvalue weighted by Crippen LogP contribution is -2.46. The van der Waals surface area contributed by atoms with Gasteiger partial charge in [0.15, 0.2) is 0 Å². The molecule has 0 aliphatic carbocycles. The predicted octanol–water partition coefficient (Wildman–Crippen LogP) is 3.86. The number of aromatic nitrogens is 4. The molecule has 0 aromatic carbocycles. The normalized spacial score (nSPS) is 12.0. The monoisotopic (exact) mass is 304 g/mol. The van der Waals surface area contributed by atoms with E-state index in [1.54, 1.807) is 0 Å². The molecule has 116 valence electrons. The van der Waals surface area contributed by atoms with Crippen LogP contribution in [0.2, 0.25) is 13.1 Å². The second-order valence-corrected chi connectivity index (χ2v) is 10.1. The van der Waals surface area contributed by atoms with E-state index in [9.17, 15) is 0 Å². The van der Waals surface area contributed by atoms with Gasteiger partial charge in [-0.3, -0.25) is 0 Å². The number of imidazole rings is 2. The fraction of sp³-hybridized carbons (Fsp3) is 0.625. The first-order valence-electron chi connectivity index (χ1n) is 8.16. The van der Waals surface area contributed by atoms with Gasteiger partial charge in [0.05, 0.1) is 0 Å². The summed E-state index contributed by atoms with van der Waals surface area (Å²) in [7, 11) is -1.83. The van der Waals surface area contributed by atoms with Gasteiger partial charge in [-0.2, -0.15) is 0 Å². The number of unbranched alkanes of at least 4 members (excludes halogenated alkanes) is 2. The third-order valence-corrected chi connectivity index (χ3v) is 7.29. The highest BCUT2D eigenvalue weighted by Crippen LogP contribution is 2.17. The maximum absolute atomic E-state index is 4.59. The average molecular weight is 305 g/mol. The van der Waals surface area contributed by atoms with Crippen molar-refractivity contribution in [2.75, 3.05) is 0 Å². The molecule has 0 bridgehead atoms. The zero-order valence-electron chi connectivity index (χ0n) is 13.8. The van der Waals surface area contributed by atoms with Crippen LogP contribution in [0, 0.1) is 0 Å². The van der Waals surface area contributed by atoms with Crippen LogP contribution in [0.15, 0.2) is 24.8 Å². The molecule has 0 N–H and O–H groups in total. The van der Waals surface area contributed by atoms with E-state index < -0.39 is 8.40 Å². The minimum atomic E-state index is -1.83. The van der Waals surface area contributed by atoms with Gasteiger partial charge in [0.1, 0.15) is 11.6 Å². The SMILES string of the molecule is CCCCc1nccn1[Si](C)(C)n1ccnc1CCCC. The minimum absolute atomic E-state index is 1.07. The Morgan fingerprint density at radius 2 is 1.29 bits per heavy atom. The van der Waals surface area contributed by atoms with Crippen molar-refractivity contribution in [1.29, 1.82) is 0 Å². The lowest BCUT2D eigenvalue weighted by atomic mass is 10.2. The molecule has 0 aliphatic heterocycles. The van der Waals surface area contributed by atoms with E-state index >= 15 is 0 Å². The molecule has 0 atom stereocenters. The summed E-state index contributed by atoms with van der Waals surface area (Å²) in [4.78, 5) is 9.17. The summed E-state index contributed by atoms with van der Waals surface area (Å²) in [5.41, 5.74) is 0. The summed E-state index contributed by atoms with van der Waals surface area (Å²) in [5.74, 6) is 2.45. The van der Waals surface area contributed by atoms with E-state index in [4.69, 9.17) is 0 Å². The number of hydrogen-bond donors (Lipinski definition) is 0. The van der Waals surface area contributed by atoms with Crippen LogP contribution in [-0.4, -0.2) is 26.8 Å². The van der Waals surface area contributed by atoms with Gasteiger partial charge in [0, 0.05) is 37.6 Å². The molecule has 4 nitrogen and oxygen atoms in total. The second kappa shape index (κ2) is 7.07. The molecule has 2 aromatic heterocycles. The highest BCUT2D eigenvalue weighted by molar-refractivity contribution is 6.74. The third-order valence-electron chi connectivity index (χ3n) is 4.12. The molecule has 0 fully saturated rings. The van der Waals surface area contributed by atoms with Crippen LogP contribution < -0.4 is 0 Å². The van der Waals surface area contributed by atoms with E-state index in [2.05, 4.69) is 57.8 Å². The van der Waals surface area contributed by atoms with Gasteiger partial charge < -0.3 is 8.47 Å². The smallest absolute Gasteiger partial charge is 0.268 e. The summed E-state index contributed by atoms with van der Waals surface area (Å²) in [6.45, 7) is 9.21. The quantitative estimate of drug-likeness (QED) is 0.694. The topological polar surface area (TPSA) is 35.6 Å². The Kier molecular flexibility index (Phi) is 5.39. The molecule has 2 heterocycles. The highest BCUT2D eigenvalue weighted by atomic mass is 28.3. The molecular weight excluding hydrogens is 276 g/mol. The molecule has 21 heavy (non-hydrogen) atoms. The fourth-order valence-electron chi connectivity index (χ4n) is 2.82. The second-order valence-electron chi connectivity index (χ2n) is 6.13. The zero-order valence-corrected chi connectivity index (χ0v) is 14.8. The summed E-state index contributed by atoms with van der Waals surface area (Å²) < 4.78 is 4.86. The Morgan fingerprint density at radius 1 is 0.857 bits per heavy atom. The maximum Gasteiger partial charge on any atom is 0.268 e. The Bertz CT molecular complexity index is 508. The van der Waals surface area contributed by atoms with Crippen molar-refractivity contribution < 1.29 is 0 Å². The lowest BCUT2D eigenvalue weighted by molar-refractivity contribution is 0.726. The van der Waals surface area contributed by atoms with Crippen LogP contribution in [0.3, 0.4) is 0 Å². The molecule has 0 amide bonds. The van der Waals surface area contributed by atoms with Crippen LogP contribution in [-0.2, 0) is 12.8 Å². The van der Waals surface area contributed by atoms with E-state index in [0.717, 1.165) is 12.8 Å². The first-order valence-corrected chi connectivity index (χ1v) is 11.1. The van der Waals surface area contributed by atoms with Gasteiger partial charge in [-0.1, -0.05) is 26.7 Å². The number of hydrogen-bond acceptors (Lipinski definition) is 2. The fourth-order valence-corrected chi connectivity index (χ4v) is 5.52. The van der Waals surface area contributed by atoms with Crippen molar-refractivity contribution in [1.82, 2.24) is 18.4 Å². The Balaban J connectivity index is 2.29. The molecule has 5 heteroatoms. The van der Waals surface area contributed by atoms with Gasteiger partial charge in [-0.25, -0.2) is 9.97 Å². The Morgan fingerprint density at radius 3 is 1.67 bits per heavy atom. The molecule has 0 radical (unpaired) electrons. The molecular formula is C16H28N4Si. The maximum atomic E-state index is 4.59. The average Bonchev–Trinajstić information content (AvgIpc) is 3.11. The summed E-state index contributed by atoms with van der Waals surface area (Å²) in [6.07, 6.45) is 15.2. The standard InChI is InChI=1S/C16H28N4Si/c1-5-7-9-15-17-11-13-19(15)21(3,4)20-14-12-18-16(20)10-8-6-2/h11-14H,5-10H2,1-4H3. The van der Waals surface area contributed by atoms with Gasteiger partial charge in [0.2, 0.25) is 0 Å². The minimum Gasteiger partial charge on any atom is -0.343 e. The van der Waals surface area contributed by atoms with Crippen molar-refractivity contribution in [2.24, 2.45) is 0 Å². The Labute approximate surface area is 129 Å². The molecule has 2 rings (SSSR count). The van der Waals surface area contributed by atoms with Gasteiger partial charge in [-0.05, 0) is 25.9 Å². The lowest BCUT2D eigenvalue weighted by Gasteiger charge is -2.29.